The van der Waals surface area contributed by atoms with Crippen LogP contribution in [0.1, 0.15) is 16.2 Å². The summed E-state index contributed by atoms with van der Waals surface area (Å²) in [5, 5.41) is 3.86. The molecular formula is C28H24N6O2S. The van der Waals surface area contributed by atoms with E-state index in [0.29, 0.717) is 37.0 Å². The predicted octanol–water partition coefficient (Wildman–Crippen LogP) is 4.90. The highest BCUT2D eigenvalue weighted by atomic mass is 32.1. The number of pyridine rings is 1. The van der Waals surface area contributed by atoms with Crippen LogP contribution in [-0.2, 0) is 11.3 Å². The number of anilines is 1. The first kappa shape index (κ1) is 23.4. The fraction of sp³-hybridized carbons (Fsp3) is 0.179. The van der Waals surface area contributed by atoms with Gasteiger partial charge in [0.1, 0.15) is 21.0 Å². The first-order chi connectivity index (χ1) is 18.2. The number of nitrogens with zero attached hydrogens (tertiary/aromatic N) is 5. The summed E-state index contributed by atoms with van der Waals surface area (Å²) in [6, 6.07) is 23.0. The minimum absolute atomic E-state index is 0.297. The maximum Gasteiger partial charge on any atom is 0.274 e. The van der Waals surface area contributed by atoms with Crippen LogP contribution in [0.15, 0.2) is 79.0 Å². The zero-order valence-corrected chi connectivity index (χ0v) is 20.8. The Kier molecular flexibility index (Phi) is 6.64. The van der Waals surface area contributed by atoms with E-state index in [4.69, 9.17) is 14.7 Å². The van der Waals surface area contributed by atoms with Gasteiger partial charge in [0, 0.05) is 37.0 Å². The molecule has 0 unspecified atom stereocenters. The third-order valence-corrected chi connectivity index (χ3v) is 7.12. The molecule has 0 bridgehead atoms. The normalized spacial score (nSPS) is 14.1. The van der Waals surface area contributed by atoms with Crippen LogP contribution in [0.3, 0.4) is 0 Å². The Morgan fingerprint density at radius 3 is 2.59 bits per heavy atom. The predicted molar refractivity (Wildman–Crippen MR) is 144 cm³/mol. The quantitative estimate of drug-likeness (QED) is 0.349. The summed E-state index contributed by atoms with van der Waals surface area (Å²) in [6.07, 6.45) is 1.76. The molecule has 0 aliphatic carbocycles. The molecule has 1 aliphatic rings. The van der Waals surface area contributed by atoms with Crippen LogP contribution in [-0.4, -0.2) is 57.0 Å². The van der Waals surface area contributed by atoms with Gasteiger partial charge in [0.2, 0.25) is 0 Å². The van der Waals surface area contributed by atoms with E-state index < -0.39 is 0 Å². The van der Waals surface area contributed by atoms with E-state index in [-0.39, 0.29) is 5.91 Å². The molecule has 184 valence electrons. The highest BCUT2D eigenvalue weighted by molar-refractivity contribution is 7.21. The number of benzene rings is 2. The van der Waals surface area contributed by atoms with Gasteiger partial charge in [-0.25, -0.2) is 19.9 Å². The number of hydrogen-bond donors (Lipinski definition) is 1. The van der Waals surface area contributed by atoms with Gasteiger partial charge >= 0.3 is 0 Å². The van der Waals surface area contributed by atoms with Crippen molar-refractivity contribution in [1.82, 2.24) is 24.8 Å². The molecular weight excluding hydrogens is 484 g/mol. The molecule has 1 amide bonds. The molecule has 1 aliphatic heterocycles. The SMILES string of the molecule is O=C(Nc1ccccc1-c1nc2cccnc2s1)c1cc(CN2CCOCC2)nc(-c2ccccc2)n1. The second kappa shape index (κ2) is 10.5. The van der Waals surface area contributed by atoms with Crippen molar-refractivity contribution in [3.8, 4) is 22.0 Å². The molecule has 8 nitrogen and oxygen atoms in total. The van der Waals surface area contributed by atoms with E-state index in [1.165, 1.54) is 11.3 Å². The van der Waals surface area contributed by atoms with Crippen LogP contribution in [0, 0.1) is 0 Å². The number of rotatable bonds is 6. The Hall–Kier alpha value is -4.05. The number of nitrogens with one attached hydrogen (secondary N) is 1. The summed E-state index contributed by atoms with van der Waals surface area (Å²) in [6.45, 7) is 3.68. The number of morpholine rings is 1. The Balaban J connectivity index is 1.33. The van der Waals surface area contributed by atoms with E-state index in [2.05, 4.69) is 20.2 Å². The van der Waals surface area contributed by atoms with Crippen LogP contribution < -0.4 is 5.32 Å². The average Bonchev–Trinajstić information content (AvgIpc) is 3.38. The zero-order chi connectivity index (χ0) is 25.0. The van der Waals surface area contributed by atoms with Crippen molar-refractivity contribution >= 4 is 33.3 Å². The molecule has 1 fully saturated rings. The van der Waals surface area contributed by atoms with E-state index in [9.17, 15) is 4.79 Å². The zero-order valence-electron chi connectivity index (χ0n) is 20.0. The monoisotopic (exact) mass is 508 g/mol. The second-order valence-electron chi connectivity index (χ2n) is 8.67. The van der Waals surface area contributed by atoms with Crippen LogP contribution in [0.4, 0.5) is 5.69 Å². The van der Waals surface area contributed by atoms with Gasteiger partial charge in [-0.15, -0.1) is 0 Å². The lowest BCUT2D eigenvalue weighted by Crippen LogP contribution is -2.36. The van der Waals surface area contributed by atoms with Crippen molar-refractivity contribution in [2.75, 3.05) is 31.6 Å². The molecule has 9 heteroatoms. The lowest BCUT2D eigenvalue weighted by Gasteiger charge is -2.26. The fourth-order valence-electron chi connectivity index (χ4n) is 4.25. The molecule has 1 N–H and O–H groups in total. The number of amides is 1. The number of thiazole rings is 1. The number of fused-ring (bicyclic) bond motifs is 1. The molecule has 0 atom stereocenters. The van der Waals surface area contributed by atoms with Crippen molar-refractivity contribution in [3.05, 3.63) is 90.4 Å². The maximum atomic E-state index is 13.5. The third-order valence-electron chi connectivity index (χ3n) is 6.11. The van der Waals surface area contributed by atoms with Crippen LogP contribution >= 0.6 is 11.3 Å². The largest absolute Gasteiger partial charge is 0.379 e. The fourth-order valence-corrected chi connectivity index (χ4v) is 5.20. The Morgan fingerprint density at radius 1 is 0.946 bits per heavy atom. The van der Waals surface area contributed by atoms with Crippen LogP contribution in [0.5, 0.6) is 0 Å². The summed E-state index contributed by atoms with van der Waals surface area (Å²) in [4.78, 5) is 35.2. The first-order valence-electron chi connectivity index (χ1n) is 12.1. The molecule has 0 spiro atoms. The lowest BCUT2D eigenvalue weighted by molar-refractivity contribution is 0.0336. The molecule has 3 aromatic heterocycles. The summed E-state index contributed by atoms with van der Waals surface area (Å²) < 4.78 is 5.48. The van der Waals surface area contributed by atoms with Gasteiger partial charge in [0.25, 0.3) is 5.91 Å². The number of hydrogen-bond acceptors (Lipinski definition) is 8. The maximum absolute atomic E-state index is 13.5. The smallest absolute Gasteiger partial charge is 0.274 e. The number of carbonyl (C=O) groups is 1. The number of ether oxygens (including phenoxy) is 1. The van der Waals surface area contributed by atoms with Gasteiger partial charge in [-0.2, -0.15) is 0 Å². The minimum atomic E-state index is -0.297. The highest BCUT2D eigenvalue weighted by Crippen LogP contribution is 2.33. The summed E-state index contributed by atoms with van der Waals surface area (Å²) in [7, 11) is 0. The molecule has 5 aromatic rings. The van der Waals surface area contributed by atoms with Crippen molar-refractivity contribution in [1.29, 1.82) is 0 Å². The number of para-hydroxylation sites is 1. The van der Waals surface area contributed by atoms with Gasteiger partial charge in [0.15, 0.2) is 5.82 Å². The first-order valence-corrected chi connectivity index (χ1v) is 12.9. The van der Waals surface area contributed by atoms with Crippen LogP contribution in [0.2, 0.25) is 0 Å². The van der Waals surface area contributed by atoms with Gasteiger partial charge < -0.3 is 10.1 Å². The van der Waals surface area contributed by atoms with Crippen molar-refractivity contribution in [3.63, 3.8) is 0 Å². The Labute approximate surface area is 218 Å². The molecule has 0 radical (unpaired) electrons. The molecule has 4 heterocycles. The number of aromatic nitrogens is 4. The standard InChI is InChI=1S/C28H24N6O2S/c35-26(32-22-10-5-4-9-21(22)27-33-23-11-6-12-29-28(23)37-27)24-17-20(18-34-13-15-36-16-14-34)30-25(31-24)19-7-2-1-3-8-19/h1-12,17H,13-16,18H2,(H,32,35). The summed E-state index contributed by atoms with van der Waals surface area (Å²) >= 11 is 1.49. The van der Waals surface area contributed by atoms with Gasteiger partial charge in [-0.05, 0) is 30.3 Å². The summed E-state index contributed by atoms with van der Waals surface area (Å²) in [5.41, 5.74) is 4.32. The Bertz CT molecular complexity index is 1520. The van der Waals surface area contributed by atoms with Gasteiger partial charge in [0.05, 0.1) is 24.6 Å². The topological polar surface area (TPSA) is 93.1 Å². The van der Waals surface area contributed by atoms with E-state index in [1.54, 1.807) is 12.3 Å². The van der Waals surface area contributed by atoms with Crippen molar-refractivity contribution < 1.29 is 9.53 Å². The van der Waals surface area contributed by atoms with Crippen molar-refractivity contribution in [2.45, 2.75) is 6.54 Å². The van der Waals surface area contributed by atoms with E-state index in [1.807, 2.05) is 66.7 Å². The summed E-state index contributed by atoms with van der Waals surface area (Å²) in [5.74, 6) is 0.233. The van der Waals surface area contributed by atoms with Gasteiger partial charge in [-0.1, -0.05) is 53.8 Å². The third kappa shape index (κ3) is 5.24. The minimum Gasteiger partial charge on any atom is -0.379 e. The van der Waals surface area contributed by atoms with Crippen molar-refractivity contribution in [2.24, 2.45) is 0 Å². The van der Waals surface area contributed by atoms with Gasteiger partial charge in [-0.3, -0.25) is 9.69 Å². The molecule has 6 rings (SSSR count). The number of carbonyl (C=O) groups excluding carboxylic acids is 1. The molecule has 2 aromatic carbocycles. The Morgan fingerprint density at radius 2 is 1.76 bits per heavy atom. The molecule has 1 saturated heterocycles. The lowest BCUT2D eigenvalue weighted by atomic mass is 10.1. The van der Waals surface area contributed by atoms with Crippen LogP contribution in [0.25, 0.3) is 32.3 Å². The highest BCUT2D eigenvalue weighted by Gasteiger charge is 2.19. The second-order valence-corrected chi connectivity index (χ2v) is 9.65. The molecule has 0 saturated carbocycles. The molecule has 37 heavy (non-hydrogen) atoms. The van der Waals surface area contributed by atoms with E-state index in [0.717, 1.165) is 45.3 Å². The average molecular weight is 509 g/mol. The van der Waals surface area contributed by atoms with E-state index >= 15 is 0 Å².